The van der Waals surface area contributed by atoms with E-state index in [-0.39, 0.29) is 11.5 Å². The van der Waals surface area contributed by atoms with E-state index < -0.39 is 9.84 Å². The number of fused-ring (bicyclic) bond motifs is 1. The highest BCUT2D eigenvalue weighted by atomic mass is 32.2. The molecule has 5 nitrogen and oxygen atoms in total. The molecule has 1 aromatic heterocycles. The van der Waals surface area contributed by atoms with E-state index in [0.717, 1.165) is 63.5 Å². The van der Waals surface area contributed by atoms with Crippen LogP contribution in [0.2, 0.25) is 0 Å². The Balaban J connectivity index is 1.51. The number of sulfone groups is 1. The molecule has 1 fully saturated rings. The summed E-state index contributed by atoms with van der Waals surface area (Å²) < 4.78 is 32.9. The van der Waals surface area contributed by atoms with E-state index in [1.807, 2.05) is 43.3 Å². The second-order valence-electron chi connectivity index (χ2n) is 9.87. The first-order chi connectivity index (χ1) is 18.4. The van der Waals surface area contributed by atoms with Crippen LogP contribution >= 0.6 is 11.3 Å². The Morgan fingerprint density at radius 2 is 1.82 bits per heavy atom. The summed E-state index contributed by atoms with van der Waals surface area (Å²) in [6.07, 6.45) is 5.32. The van der Waals surface area contributed by atoms with Crippen LogP contribution in [0, 0.1) is 6.07 Å². The van der Waals surface area contributed by atoms with E-state index in [9.17, 15) is 13.5 Å². The number of nitrogens with zero attached hydrogens (tertiary/aromatic N) is 1. The zero-order chi connectivity index (χ0) is 26.5. The average Bonchev–Trinajstić information content (AvgIpc) is 3.32. The maximum Gasteiger partial charge on any atom is 0.178 e. The Kier molecular flexibility index (Phi) is 8.36. The third kappa shape index (κ3) is 6.06. The van der Waals surface area contributed by atoms with Gasteiger partial charge in [0.1, 0.15) is 18.1 Å². The number of ether oxygens (including phenoxy) is 1. The molecule has 4 aromatic rings. The zero-order valence-corrected chi connectivity index (χ0v) is 23.4. The van der Waals surface area contributed by atoms with Gasteiger partial charge in [-0.25, -0.2) is 8.42 Å². The lowest BCUT2D eigenvalue weighted by Gasteiger charge is -2.26. The SMILES string of the molecule is CCCCS(=O)(=O)c1ccc2c(-c3[c]ccc(OCCN4CCCCC4)c3)c(-c3ccc(O)cc3)sc2c1. The normalized spacial score (nSPS) is 14.7. The summed E-state index contributed by atoms with van der Waals surface area (Å²) in [5.74, 6) is 1.16. The quantitative estimate of drug-likeness (QED) is 0.227. The van der Waals surface area contributed by atoms with Crippen molar-refractivity contribution in [1.29, 1.82) is 0 Å². The summed E-state index contributed by atoms with van der Waals surface area (Å²) >= 11 is 1.56. The van der Waals surface area contributed by atoms with Crippen molar-refractivity contribution in [1.82, 2.24) is 4.90 Å². The third-order valence-corrected chi connectivity index (χ3v) is 10.1. The van der Waals surface area contributed by atoms with Crippen LogP contribution in [0.1, 0.15) is 39.0 Å². The second kappa shape index (κ2) is 11.9. The van der Waals surface area contributed by atoms with Gasteiger partial charge in [-0.2, -0.15) is 0 Å². The van der Waals surface area contributed by atoms with Crippen molar-refractivity contribution in [2.45, 2.75) is 43.9 Å². The highest BCUT2D eigenvalue weighted by Crippen LogP contribution is 2.46. The molecule has 0 amide bonds. The molecule has 7 heteroatoms. The van der Waals surface area contributed by atoms with Crippen LogP contribution in [0.15, 0.2) is 65.6 Å². The minimum absolute atomic E-state index is 0.155. The van der Waals surface area contributed by atoms with Crippen LogP contribution in [0.25, 0.3) is 31.7 Å². The lowest BCUT2D eigenvalue weighted by molar-refractivity contribution is 0.183. The molecule has 1 aliphatic heterocycles. The van der Waals surface area contributed by atoms with E-state index in [1.165, 1.54) is 19.3 Å². The first-order valence-corrected chi connectivity index (χ1v) is 15.9. The lowest BCUT2D eigenvalue weighted by atomic mass is 9.98. The molecule has 38 heavy (non-hydrogen) atoms. The van der Waals surface area contributed by atoms with Gasteiger partial charge in [-0.05, 0) is 98.1 Å². The number of unbranched alkanes of at least 4 members (excludes halogenated alkanes) is 1. The molecule has 1 radical (unpaired) electrons. The molecule has 3 aromatic carbocycles. The van der Waals surface area contributed by atoms with Crippen molar-refractivity contribution in [3.63, 3.8) is 0 Å². The number of hydrogen-bond acceptors (Lipinski definition) is 6. The molecule has 2 heterocycles. The second-order valence-corrected chi connectivity index (χ2v) is 13.0. The predicted molar refractivity (Wildman–Crippen MR) is 156 cm³/mol. The Hall–Kier alpha value is -2.87. The van der Waals surface area contributed by atoms with Crippen LogP contribution < -0.4 is 4.74 Å². The number of aromatic hydroxyl groups is 1. The fraction of sp³-hybridized carbons (Fsp3) is 0.355. The third-order valence-electron chi connectivity index (χ3n) is 7.08. The van der Waals surface area contributed by atoms with E-state index >= 15 is 0 Å². The first-order valence-electron chi connectivity index (χ1n) is 13.4. The molecular weight excluding hydrogens is 514 g/mol. The van der Waals surface area contributed by atoms with Gasteiger partial charge in [-0.3, -0.25) is 4.90 Å². The number of benzene rings is 3. The van der Waals surface area contributed by atoms with E-state index in [0.29, 0.717) is 17.9 Å². The van der Waals surface area contributed by atoms with Gasteiger partial charge in [0.25, 0.3) is 0 Å². The molecule has 199 valence electrons. The number of rotatable bonds is 10. The first kappa shape index (κ1) is 26.7. The van der Waals surface area contributed by atoms with Gasteiger partial charge in [0.05, 0.1) is 10.6 Å². The monoisotopic (exact) mass is 548 g/mol. The highest BCUT2D eigenvalue weighted by molar-refractivity contribution is 7.91. The molecule has 0 saturated carbocycles. The Morgan fingerprint density at radius 1 is 1.03 bits per heavy atom. The number of phenolic OH excluding ortho intramolecular Hbond substituents is 1. The summed E-state index contributed by atoms with van der Waals surface area (Å²) in [6, 6.07) is 21.8. The summed E-state index contributed by atoms with van der Waals surface area (Å²) in [6.45, 7) is 5.84. The van der Waals surface area contributed by atoms with Crippen molar-refractivity contribution in [2.24, 2.45) is 0 Å². The van der Waals surface area contributed by atoms with E-state index in [1.54, 1.807) is 35.6 Å². The largest absolute Gasteiger partial charge is 0.508 e. The smallest absolute Gasteiger partial charge is 0.178 e. The predicted octanol–water partition coefficient (Wildman–Crippen LogP) is 7.18. The van der Waals surface area contributed by atoms with Crippen molar-refractivity contribution in [3.8, 4) is 33.1 Å². The fourth-order valence-corrected chi connectivity index (χ4v) is 7.77. The molecule has 1 N–H and O–H groups in total. The van der Waals surface area contributed by atoms with Crippen LogP contribution in [-0.2, 0) is 9.84 Å². The number of phenols is 1. The molecule has 0 atom stereocenters. The van der Waals surface area contributed by atoms with Crippen molar-refractivity contribution in [3.05, 3.63) is 66.7 Å². The van der Waals surface area contributed by atoms with Gasteiger partial charge in [0.2, 0.25) is 0 Å². The van der Waals surface area contributed by atoms with Gasteiger partial charge in [0.15, 0.2) is 9.84 Å². The molecule has 0 aliphatic carbocycles. The zero-order valence-electron chi connectivity index (χ0n) is 21.8. The van der Waals surface area contributed by atoms with E-state index in [4.69, 9.17) is 4.74 Å². The van der Waals surface area contributed by atoms with Gasteiger partial charge < -0.3 is 9.84 Å². The summed E-state index contributed by atoms with van der Waals surface area (Å²) in [5, 5.41) is 10.8. The Morgan fingerprint density at radius 3 is 2.58 bits per heavy atom. The summed E-state index contributed by atoms with van der Waals surface area (Å²) in [5.41, 5.74) is 2.85. The Bertz CT molecular complexity index is 1490. The molecule has 0 spiro atoms. The summed E-state index contributed by atoms with van der Waals surface area (Å²) in [7, 11) is -3.34. The number of likely N-dealkylation sites (tertiary alicyclic amines) is 1. The highest BCUT2D eigenvalue weighted by Gasteiger charge is 2.20. The maximum absolute atomic E-state index is 12.9. The Labute approximate surface area is 229 Å². The number of hydrogen-bond donors (Lipinski definition) is 1. The van der Waals surface area contributed by atoms with Crippen molar-refractivity contribution < 1.29 is 18.3 Å². The lowest BCUT2D eigenvalue weighted by Crippen LogP contribution is -2.33. The minimum Gasteiger partial charge on any atom is -0.508 e. The van der Waals surface area contributed by atoms with Crippen molar-refractivity contribution in [2.75, 3.05) is 32.0 Å². The van der Waals surface area contributed by atoms with Crippen LogP contribution in [0.5, 0.6) is 11.5 Å². The molecule has 1 aliphatic rings. The van der Waals surface area contributed by atoms with Gasteiger partial charge >= 0.3 is 0 Å². The minimum atomic E-state index is -3.34. The maximum atomic E-state index is 12.9. The van der Waals surface area contributed by atoms with Crippen molar-refractivity contribution >= 4 is 31.3 Å². The molecule has 0 unspecified atom stereocenters. The van der Waals surface area contributed by atoms with Gasteiger partial charge in [-0.15, -0.1) is 11.3 Å². The van der Waals surface area contributed by atoms with Crippen LogP contribution in [-0.4, -0.2) is 50.4 Å². The van der Waals surface area contributed by atoms with Crippen LogP contribution in [0.4, 0.5) is 0 Å². The number of thiophene rings is 1. The number of piperidine rings is 1. The van der Waals surface area contributed by atoms with Gasteiger partial charge in [0, 0.05) is 27.1 Å². The fourth-order valence-electron chi connectivity index (χ4n) is 4.96. The summed E-state index contributed by atoms with van der Waals surface area (Å²) in [4.78, 5) is 3.83. The van der Waals surface area contributed by atoms with Crippen LogP contribution in [0.3, 0.4) is 0 Å². The van der Waals surface area contributed by atoms with E-state index in [2.05, 4.69) is 11.0 Å². The average molecular weight is 549 g/mol. The standard InChI is InChI=1S/C31H34NO4S2/c1-2-3-20-38(34,35)27-14-15-28-29(22-27)37-31(23-10-12-25(33)13-11-23)30(28)24-8-7-9-26(21-24)36-19-18-32-16-5-4-6-17-32/h7,9-15,21-22,33H,2-6,16-20H2,1H3. The molecule has 1 saturated heterocycles. The van der Waals surface area contributed by atoms with Gasteiger partial charge in [-0.1, -0.05) is 31.9 Å². The molecule has 5 rings (SSSR count). The molecule has 0 bridgehead atoms. The topological polar surface area (TPSA) is 66.8 Å². The molecular formula is C31H34NO4S2.